The van der Waals surface area contributed by atoms with Crippen molar-refractivity contribution in [1.29, 1.82) is 0 Å². The summed E-state index contributed by atoms with van der Waals surface area (Å²) in [6.45, 7) is 11.9. The lowest BCUT2D eigenvalue weighted by molar-refractivity contribution is 0.0780. The second-order valence-electron chi connectivity index (χ2n) is 7.73. The van der Waals surface area contributed by atoms with E-state index < -0.39 is 0 Å². The maximum absolute atomic E-state index is 6.18. The summed E-state index contributed by atoms with van der Waals surface area (Å²) in [6, 6.07) is 0.592. The number of aliphatic imine (C=N–C) groups is 1. The Kier molecular flexibility index (Phi) is 12.0. The van der Waals surface area contributed by atoms with Crippen molar-refractivity contribution in [2.24, 2.45) is 10.7 Å². The molecule has 3 rings (SSSR count). The van der Waals surface area contributed by atoms with E-state index in [1.165, 1.54) is 5.57 Å². The number of rotatable bonds is 10. The monoisotopic (exact) mass is 443 g/mol. The average molecular weight is 444 g/mol. The van der Waals surface area contributed by atoms with Crippen LogP contribution in [0, 0.1) is 0 Å². The molecule has 1 aromatic heterocycles. The van der Waals surface area contributed by atoms with E-state index in [9.17, 15) is 0 Å². The predicted molar refractivity (Wildman–Crippen MR) is 133 cm³/mol. The highest BCUT2D eigenvalue weighted by Crippen LogP contribution is 2.10. The van der Waals surface area contributed by atoms with Gasteiger partial charge in [0.05, 0.1) is 12.0 Å². The van der Waals surface area contributed by atoms with Crippen LogP contribution in [0.25, 0.3) is 11.4 Å². The first-order valence-corrected chi connectivity index (χ1v) is 11.9. The van der Waals surface area contributed by atoms with E-state index in [-0.39, 0.29) is 0 Å². The van der Waals surface area contributed by atoms with Crippen LogP contribution in [-0.4, -0.2) is 55.8 Å². The molecule has 2 aliphatic rings. The number of ether oxygens (including phenoxy) is 2. The molecular weight excluding hydrogens is 402 g/mol. The van der Waals surface area contributed by atoms with Crippen LogP contribution in [0.15, 0.2) is 29.3 Å². The molecule has 0 unspecified atom stereocenters. The third-order valence-electron chi connectivity index (χ3n) is 5.64. The Morgan fingerprint density at radius 1 is 1.31 bits per heavy atom. The van der Waals surface area contributed by atoms with Crippen LogP contribution >= 0.6 is 0 Å². The highest BCUT2D eigenvalue weighted by molar-refractivity contribution is 5.61. The molecule has 0 amide bonds. The number of nitrogens with one attached hydrogen (secondary N) is 1. The van der Waals surface area contributed by atoms with Crippen molar-refractivity contribution >= 4 is 18.1 Å². The van der Waals surface area contributed by atoms with Crippen molar-refractivity contribution in [2.75, 3.05) is 33.5 Å². The van der Waals surface area contributed by atoms with E-state index in [2.05, 4.69) is 45.9 Å². The van der Waals surface area contributed by atoms with E-state index in [0.29, 0.717) is 18.5 Å². The van der Waals surface area contributed by atoms with Crippen molar-refractivity contribution in [3.8, 4) is 0 Å². The summed E-state index contributed by atoms with van der Waals surface area (Å²) in [5.74, 6) is 1.36. The van der Waals surface area contributed by atoms with Crippen molar-refractivity contribution in [2.45, 2.75) is 65.0 Å². The quantitative estimate of drug-likeness (QED) is 0.427. The first-order valence-electron chi connectivity index (χ1n) is 11.9. The van der Waals surface area contributed by atoms with Gasteiger partial charge in [0, 0.05) is 39.3 Å². The zero-order valence-corrected chi connectivity index (χ0v) is 20.1. The number of nitrogens with zero attached hydrogens (tertiary/aromatic N) is 3. The highest BCUT2D eigenvalue weighted by atomic mass is 16.5. The zero-order chi connectivity index (χ0) is 23.2. The molecule has 1 aliphatic carbocycles. The number of nitrogens with two attached hydrogens (primary N) is 1. The molecule has 0 radical (unpaired) electrons. The molecule has 1 aromatic rings. The minimum absolute atomic E-state index is 0.374. The zero-order valence-electron chi connectivity index (χ0n) is 20.1. The molecule has 1 fully saturated rings. The fourth-order valence-electron chi connectivity index (χ4n) is 3.99. The molecule has 32 heavy (non-hydrogen) atoms. The van der Waals surface area contributed by atoms with Gasteiger partial charge in [0.15, 0.2) is 5.82 Å². The SMILES string of the molecule is C=N/C(N)=c1/nc(CCOC)n(CCCCNC2CCOCC2)/c1=C1\C=CC=CC1.CC. The number of hydrogen-bond acceptors (Lipinski definition) is 6. The van der Waals surface area contributed by atoms with Gasteiger partial charge in [0.1, 0.15) is 11.2 Å². The smallest absolute Gasteiger partial charge is 0.150 e. The summed E-state index contributed by atoms with van der Waals surface area (Å²) in [5.41, 5.74) is 7.38. The Morgan fingerprint density at radius 2 is 2.09 bits per heavy atom. The molecule has 1 saturated heterocycles. The van der Waals surface area contributed by atoms with Gasteiger partial charge in [0.25, 0.3) is 0 Å². The van der Waals surface area contributed by atoms with Gasteiger partial charge in [-0.1, -0.05) is 38.2 Å². The van der Waals surface area contributed by atoms with Crippen LogP contribution < -0.4 is 21.7 Å². The number of imidazole rings is 1. The Hall–Kier alpha value is -2.22. The maximum atomic E-state index is 6.18. The summed E-state index contributed by atoms with van der Waals surface area (Å²) in [5, 5.41) is 5.46. The predicted octanol–water partition coefficient (Wildman–Crippen LogP) is 2.04. The average Bonchev–Trinajstić information content (AvgIpc) is 3.22. The summed E-state index contributed by atoms with van der Waals surface area (Å²) in [7, 11) is 1.71. The van der Waals surface area contributed by atoms with E-state index in [1.54, 1.807) is 7.11 Å². The van der Waals surface area contributed by atoms with Crippen LogP contribution in [-0.2, 0) is 22.4 Å². The topological polar surface area (TPSA) is 86.7 Å². The number of methoxy groups -OCH3 is 1. The summed E-state index contributed by atoms with van der Waals surface area (Å²) in [4.78, 5) is 8.82. The highest BCUT2D eigenvalue weighted by Gasteiger charge is 2.14. The molecule has 0 bridgehead atoms. The minimum atomic E-state index is 0.374. The second-order valence-corrected chi connectivity index (χ2v) is 7.73. The van der Waals surface area contributed by atoms with Crippen molar-refractivity contribution in [3.05, 3.63) is 40.8 Å². The Bertz CT molecular complexity index is 879. The fraction of sp³-hybridized carbons (Fsp3) is 0.600. The molecule has 2 heterocycles. The Morgan fingerprint density at radius 3 is 2.75 bits per heavy atom. The molecule has 3 N–H and O–H groups in total. The van der Waals surface area contributed by atoms with Gasteiger partial charge in [-0.05, 0) is 50.9 Å². The summed E-state index contributed by atoms with van der Waals surface area (Å²) in [6.07, 6.45) is 14.4. The second kappa shape index (κ2) is 14.8. The lowest BCUT2D eigenvalue weighted by Gasteiger charge is -2.23. The van der Waals surface area contributed by atoms with Gasteiger partial charge >= 0.3 is 0 Å². The van der Waals surface area contributed by atoms with Crippen molar-refractivity contribution < 1.29 is 9.47 Å². The Labute approximate surface area is 192 Å². The molecule has 7 heteroatoms. The normalized spacial score (nSPS) is 18.8. The largest absolute Gasteiger partial charge is 0.384 e. The van der Waals surface area contributed by atoms with Gasteiger partial charge in [-0.2, -0.15) is 0 Å². The Balaban J connectivity index is 0.00000176. The van der Waals surface area contributed by atoms with Crippen LogP contribution in [0.4, 0.5) is 0 Å². The van der Waals surface area contributed by atoms with Gasteiger partial charge in [-0.15, -0.1) is 0 Å². The van der Waals surface area contributed by atoms with Crippen molar-refractivity contribution in [3.63, 3.8) is 0 Å². The van der Waals surface area contributed by atoms with Crippen LogP contribution in [0.3, 0.4) is 0 Å². The number of unbranched alkanes of at least 4 members (excludes halogenated alkanes) is 1. The lowest BCUT2D eigenvalue weighted by Crippen LogP contribution is -2.36. The molecule has 0 spiro atoms. The van der Waals surface area contributed by atoms with Crippen molar-refractivity contribution in [1.82, 2.24) is 14.9 Å². The third-order valence-corrected chi connectivity index (χ3v) is 5.64. The van der Waals surface area contributed by atoms with E-state index in [0.717, 1.165) is 81.4 Å². The first-order chi connectivity index (χ1) is 15.7. The molecule has 0 atom stereocenters. The van der Waals surface area contributed by atoms with Gasteiger partial charge in [-0.3, -0.25) is 0 Å². The van der Waals surface area contributed by atoms with Crippen LogP contribution in [0.1, 0.15) is 51.8 Å². The summed E-state index contributed by atoms with van der Waals surface area (Å²) >= 11 is 0. The van der Waals surface area contributed by atoms with Crippen LogP contribution in [0.5, 0.6) is 0 Å². The summed E-state index contributed by atoms with van der Waals surface area (Å²) < 4.78 is 13.1. The number of hydrogen-bond donors (Lipinski definition) is 2. The molecular formula is C25H41N5O2. The van der Waals surface area contributed by atoms with E-state index in [1.807, 2.05) is 13.8 Å². The third kappa shape index (κ3) is 7.43. The molecule has 0 aromatic carbocycles. The first kappa shape index (κ1) is 26.0. The maximum Gasteiger partial charge on any atom is 0.150 e. The van der Waals surface area contributed by atoms with E-state index >= 15 is 0 Å². The standard InChI is InChI=1S/C23H35N5O2.C2H6/c1-25-23(24)21-22(18-8-4-3-5-9-18)28(20(27-21)12-15-29-2)14-7-6-13-26-19-10-16-30-17-11-19;1-2/h3-5,8,19,26H,1,6-7,9-17,24H2,2H3;1-2H3/b22-18+,23-21+;. The van der Waals surface area contributed by atoms with Crippen LogP contribution in [0.2, 0.25) is 0 Å². The molecule has 7 nitrogen and oxygen atoms in total. The number of allylic oxidation sites excluding steroid dienone is 4. The van der Waals surface area contributed by atoms with E-state index in [4.69, 9.17) is 20.2 Å². The fourth-order valence-corrected chi connectivity index (χ4v) is 3.99. The van der Waals surface area contributed by atoms with Gasteiger partial charge < -0.3 is 25.1 Å². The minimum Gasteiger partial charge on any atom is -0.384 e. The molecule has 178 valence electrons. The molecule has 0 saturated carbocycles. The van der Waals surface area contributed by atoms with Gasteiger partial charge in [0.2, 0.25) is 0 Å². The molecule has 1 aliphatic heterocycles. The van der Waals surface area contributed by atoms with Gasteiger partial charge in [-0.25, -0.2) is 9.98 Å². The number of aromatic nitrogens is 2. The lowest BCUT2D eigenvalue weighted by atomic mass is 10.1.